The highest BCUT2D eigenvalue weighted by Crippen LogP contribution is 2.56. The summed E-state index contributed by atoms with van der Waals surface area (Å²) in [7, 11) is 2.51. The van der Waals surface area contributed by atoms with E-state index in [4.69, 9.17) is 26.1 Å². The largest absolute Gasteiger partial charge is 0.465 e. The molecule has 39 heavy (non-hydrogen) atoms. The summed E-state index contributed by atoms with van der Waals surface area (Å²) in [5.74, 6) is -1.35. The second-order valence-corrected chi connectivity index (χ2v) is 12.5. The van der Waals surface area contributed by atoms with Gasteiger partial charge in [-0.25, -0.2) is 14.6 Å². The Morgan fingerprint density at radius 1 is 1.00 bits per heavy atom. The second-order valence-electron chi connectivity index (χ2n) is 8.88. The summed E-state index contributed by atoms with van der Waals surface area (Å²) in [5.41, 5.74) is 2.58. The molecular formula is C27H22N2O6S4. The van der Waals surface area contributed by atoms with E-state index in [1.54, 1.807) is 4.90 Å². The summed E-state index contributed by atoms with van der Waals surface area (Å²) >= 11 is 9.45. The molecule has 0 saturated heterocycles. The molecule has 0 bridgehead atoms. The molecule has 0 spiro atoms. The van der Waals surface area contributed by atoms with Crippen molar-refractivity contribution in [2.75, 3.05) is 24.9 Å². The van der Waals surface area contributed by atoms with Crippen LogP contribution in [0.2, 0.25) is 0 Å². The van der Waals surface area contributed by atoms with E-state index in [-0.39, 0.29) is 21.5 Å². The Hall–Kier alpha value is -3.06. The van der Waals surface area contributed by atoms with Gasteiger partial charge in [0.2, 0.25) is 5.91 Å². The molecule has 8 nitrogen and oxygen atoms in total. The van der Waals surface area contributed by atoms with Gasteiger partial charge in [-0.2, -0.15) is 0 Å². The van der Waals surface area contributed by atoms with Crippen molar-refractivity contribution < 1.29 is 28.3 Å². The highest BCUT2D eigenvalue weighted by Gasteiger charge is 2.46. The van der Waals surface area contributed by atoms with Crippen LogP contribution >= 0.6 is 47.5 Å². The van der Waals surface area contributed by atoms with Gasteiger partial charge in [0.1, 0.15) is 15.3 Å². The third-order valence-electron chi connectivity index (χ3n) is 6.14. The van der Waals surface area contributed by atoms with Gasteiger partial charge in [-0.3, -0.25) is 4.79 Å². The molecule has 200 valence electrons. The number of thiocarbonyl (C=S) groups is 1. The van der Waals surface area contributed by atoms with Crippen LogP contribution in [-0.2, 0) is 23.9 Å². The van der Waals surface area contributed by atoms with Gasteiger partial charge in [0.15, 0.2) is 5.58 Å². The van der Waals surface area contributed by atoms with Crippen LogP contribution in [0.5, 0.6) is 0 Å². The minimum atomic E-state index is -0.897. The molecule has 3 heterocycles. The lowest BCUT2D eigenvalue weighted by Gasteiger charge is -2.45. The van der Waals surface area contributed by atoms with Crippen LogP contribution in [-0.4, -0.2) is 53.2 Å². The first-order valence-electron chi connectivity index (χ1n) is 11.6. The van der Waals surface area contributed by atoms with Gasteiger partial charge in [0.25, 0.3) is 5.22 Å². The zero-order valence-corrected chi connectivity index (χ0v) is 24.6. The molecule has 1 aromatic heterocycles. The molecule has 0 fully saturated rings. The fourth-order valence-corrected chi connectivity index (χ4v) is 8.04. The molecule has 0 radical (unpaired) electrons. The Balaban J connectivity index is 1.51. The number of rotatable bonds is 5. The van der Waals surface area contributed by atoms with E-state index in [1.165, 1.54) is 26.0 Å². The van der Waals surface area contributed by atoms with E-state index in [9.17, 15) is 14.4 Å². The van der Waals surface area contributed by atoms with Gasteiger partial charge in [-0.05, 0) is 32.0 Å². The van der Waals surface area contributed by atoms with E-state index in [2.05, 4.69) is 4.98 Å². The lowest BCUT2D eigenvalue weighted by Crippen LogP contribution is -2.56. The van der Waals surface area contributed by atoms with Crippen molar-refractivity contribution in [2.24, 2.45) is 0 Å². The number of hydrogen-bond acceptors (Lipinski definition) is 11. The summed E-state index contributed by atoms with van der Waals surface area (Å²) in [5, 5.41) is 0.411. The maximum absolute atomic E-state index is 13.7. The zero-order chi connectivity index (χ0) is 27.9. The Kier molecular flexibility index (Phi) is 7.64. The standard InChI is InChI=1S/C27H22N2O6S4/c1-27(2)22(36)19(25-38-20(23(31)33-3)21(39-25)24(32)34-4)14-9-5-7-11-16(14)29(27)18(30)13-37-26-28-15-10-6-8-12-17(15)35-26/h5-12H,13H2,1-4H3. The number of oxazole rings is 1. The monoisotopic (exact) mass is 598 g/mol. The number of esters is 2. The number of aromatic nitrogens is 1. The first-order chi connectivity index (χ1) is 18.7. The van der Waals surface area contributed by atoms with Crippen molar-refractivity contribution in [1.29, 1.82) is 0 Å². The molecule has 0 saturated carbocycles. The van der Waals surface area contributed by atoms with Gasteiger partial charge >= 0.3 is 11.9 Å². The van der Waals surface area contributed by atoms with Crippen molar-refractivity contribution in [1.82, 2.24) is 4.98 Å². The fraction of sp³-hybridized carbons (Fsp3) is 0.222. The van der Waals surface area contributed by atoms with Gasteiger partial charge < -0.3 is 18.8 Å². The molecular weight excluding hydrogens is 577 g/mol. The number of ether oxygens (including phenoxy) is 2. The van der Waals surface area contributed by atoms with Crippen LogP contribution in [0, 0.1) is 0 Å². The van der Waals surface area contributed by atoms with Gasteiger partial charge in [-0.15, -0.1) is 0 Å². The summed E-state index contributed by atoms with van der Waals surface area (Å²) in [4.78, 5) is 45.6. The molecule has 2 aliphatic rings. The van der Waals surface area contributed by atoms with Crippen LogP contribution in [0.1, 0.15) is 19.4 Å². The average Bonchev–Trinajstić information content (AvgIpc) is 3.56. The maximum atomic E-state index is 13.7. The van der Waals surface area contributed by atoms with Gasteiger partial charge in [0.05, 0.1) is 40.3 Å². The normalized spacial score (nSPS) is 16.5. The summed E-state index contributed by atoms with van der Waals surface area (Å²) in [6, 6.07) is 14.9. The average molecular weight is 599 g/mol. The molecule has 3 aromatic rings. The quantitative estimate of drug-likeness (QED) is 0.154. The van der Waals surface area contributed by atoms with Crippen LogP contribution in [0.15, 0.2) is 72.2 Å². The molecule has 1 amide bonds. The van der Waals surface area contributed by atoms with Crippen molar-refractivity contribution in [3.8, 4) is 0 Å². The number of benzene rings is 2. The van der Waals surface area contributed by atoms with Crippen molar-refractivity contribution in [2.45, 2.75) is 24.6 Å². The predicted molar refractivity (Wildman–Crippen MR) is 158 cm³/mol. The fourth-order valence-electron chi connectivity index (χ4n) is 4.32. The van der Waals surface area contributed by atoms with Crippen molar-refractivity contribution in [3.63, 3.8) is 0 Å². The number of para-hydroxylation sites is 3. The van der Waals surface area contributed by atoms with E-state index in [0.717, 1.165) is 34.6 Å². The smallest absolute Gasteiger partial charge is 0.346 e. The maximum Gasteiger partial charge on any atom is 0.346 e. The summed E-state index contributed by atoms with van der Waals surface area (Å²) in [6.07, 6.45) is 0. The Morgan fingerprint density at radius 3 is 2.26 bits per heavy atom. The first-order valence-corrected chi connectivity index (χ1v) is 14.7. The number of methoxy groups -OCH3 is 2. The number of fused-ring (bicyclic) bond motifs is 2. The number of thioether (sulfide) groups is 3. The minimum Gasteiger partial charge on any atom is -0.465 e. The lowest BCUT2D eigenvalue weighted by molar-refractivity contribution is -0.138. The Morgan fingerprint density at radius 2 is 1.62 bits per heavy atom. The molecule has 0 N–H and O–H groups in total. The third-order valence-corrected chi connectivity index (χ3v) is 10.2. The van der Waals surface area contributed by atoms with Crippen molar-refractivity contribution >= 4 is 92.6 Å². The van der Waals surface area contributed by atoms with Gasteiger partial charge in [-0.1, -0.05) is 77.8 Å². The summed E-state index contributed by atoms with van der Waals surface area (Å²) in [6.45, 7) is 3.77. The first kappa shape index (κ1) is 27.5. The SMILES string of the molecule is COC(=O)C1=C(C(=O)OC)SC(=C2C(=S)C(C)(C)N(C(=O)CSc3nc4ccccc4o3)c3ccccc32)S1. The Labute approximate surface area is 242 Å². The van der Waals surface area contributed by atoms with E-state index < -0.39 is 17.5 Å². The molecule has 0 aliphatic carbocycles. The number of nitrogens with zero attached hydrogens (tertiary/aromatic N) is 2. The van der Waals surface area contributed by atoms with E-state index >= 15 is 0 Å². The highest BCUT2D eigenvalue weighted by molar-refractivity contribution is 8.29. The highest BCUT2D eigenvalue weighted by atomic mass is 32.2. The molecule has 2 aliphatic heterocycles. The molecule has 0 unspecified atom stereocenters. The third kappa shape index (κ3) is 4.90. The second kappa shape index (κ2) is 10.8. The minimum absolute atomic E-state index is 0.0864. The predicted octanol–water partition coefficient (Wildman–Crippen LogP) is 5.82. The van der Waals surface area contributed by atoms with Gasteiger partial charge in [0, 0.05) is 11.1 Å². The van der Waals surface area contributed by atoms with Crippen LogP contribution in [0.4, 0.5) is 5.69 Å². The number of hydrogen-bond donors (Lipinski definition) is 0. The lowest BCUT2D eigenvalue weighted by atomic mass is 9.83. The zero-order valence-electron chi connectivity index (χ0n) is 21.3. The molecule has 12 heteroatoms. The molecule has 2 aromatic carbocycles. The van der Waals surface area contributed by atoms with E-state index in [1.807, 2.05) is 62.4 Å². The molecule has 5 rings (SSSR count). The van der Waals surface area contributed by atoms with Crippen LogP contribution in [0.3, 0.4) is 0 Å². The Bertz CT molecular complexity index is 1540. The summed E-state index contributed by atoms with van der Waals surface area (Å²) < 4.78 is 16.2. The van der Waals surface area contributed by atoms with Crippen LogP contribution < -0.4 is 4.90 Å². The van der Waals surface area contributed by atoms with E-state index in [0.29, 0.717) is 31.2 Å². The number of carbonyl (C=O) groups is 3. The number of carbonyl (C=O) groups excluding carboxylic acids is 3. The number of anilines is 1. The topological polar surface area (TPSA) is 98.9 Å². The van der Waals surface area contributed by atoms with Crippen molar-refractivity contribution in [3.05, 3.63) is 68.1 Å². The molecule has 0 atom stereocenters. The van der Waals surface area contributed by atoms with Crippen LogP contribution in [0.25, 0.3) is 16.7 Å². The number of amides is 1.